The molecule has 0 spiro atoms. The summed E-state index contributed by atoms with van der Waals surface area (Å²) in [7, 11) is 0. The summed E-state index contributed by atoms with van der Waals surface area (Å²) in [5.41, 5.74) is 2.37. The Morgan fingerprint density at radius 2 is 1.81 bits per heavy atom. The first-order valence-corrected chi connectivity index (χ1v) is 7.33. The summed E-state index contributed by atoms with van der Waals surface area (Å²) in [4.78, 5) is 16.5. The van der Waals surface area contributed by atoms with Crippen molar-refractivity contribution in [1.82, 2.24) is 4.98 Å². The first kappa shape index (κ1) is 13.6. The molecule has 4 heteroatoms. The van der Waals surface area contributed by atoms with Crippen LogP contribution in [0, 0.1) is 6.92 Å². The summed E-state index contributed by atoms with van der Waals surface area (Å²) >= 11 is 1.55. The van der Waals surface area contributed by atoms with Crippen molar-refractivity contribution >= 4 is 28.6 Å². The molecular weight excluding hydrogens is 282 g/mol. The number of carbonyl (C=O) groups is 1. The SMILES string of the molecule is Cc1cc2ccccc2nc1Sc1ccc(C(=O)O)cc1. The van der Waals surface area contributed by atoms with E-state index in [4.69, 9.17) is 5.11 Å². The number of aryl methyl sites for hydroxylation is 1. The van der Waals surface area contributed by atoms with Gasteiger partial charge in [-0.2, -0.15) is 0 Å². The van der Waals surface area contributed by atoms with Gasteiger partial charge in [0.05, 0.1) is 11.1 Å². The molecule has 21 heavy (non-hydrogen) atoms. The highest BCUT2D eigenvalue weighted by Crippen LogP contribution is 2.30. The van der Waals surface area contributed by atoms with Crippen LogP contribution in [0.2, 0.25) is 0 Å². The maximum Gasteiger partial charge on any atom is 0.335 e. The number of carboxylic acid groups (broad SMARTS) is 1. The van der Waals surface area contributed by atoms with Gasteiger partial charge in [0.2, 0.25) is 0 Å². The molecule has 0 bridgehead atoms. The number of benzene rings is 2. The largest absolute Gasteiger partial charge is 0.478 e. The lowest BCUT2D eigenvalue weighted by Crippen LogP contribution is -1.95. The molecule has 3 aromatic rings. The number of hydrogen-bond donors (Lipinski definition) is 1. The van der Waals surface area contributed by atoms with E-state index in [0.717, 1.165) is 26.4 Å². The molecule has 0 aliphatic rings. The van der Waals surface area contributed by atoms with E-state index in [2.05, 4.69) is 11.1 Å². The molecule has 0 aliphatic heterocycles. The minimum Gasteiger partial charge on any atom is -0.478 e. The minimum absolute atomic E-state index is 0.294. The lowest BCUT2D eigenvalue weighted by Gasteiger charge is -2.07. The van der Waals surface area contributed by atoms with Crippen molar-refractivity contribution in [3.05, 3.63) is 65.7 Å². The van der Waals surface area contributed by atoms with Gasteiger partial charge < -0.3 is 5.11 Å². The third-order valence-corrected chi connectivity index (χ3v) is 4.30. The number of fused-ring (bicyclic) bond motifs is 1. The predicted molar refractivity (Wildman–Crippen MR) is 84.0 cm³/mol. The van der Waals surface area contributed by atoms with Gasteiger partial charge in [-0.05, 0) is 48.9 Å². The summed E-state index contributed by atoms with van der Waals surface area (Å²) in [6.07, 6.45) is 0. The Labute approximate surface area is 126 Å². The number of pyridine rings is 1. The van der Waals surface area contributed by atoms with Crippen molar-refractivity contribution in [2.24, 2.45) is 0 Å². The van der Waals surface area contributed by atoms with Crippen LogP contribution in [-0.2, 0) is 0 Å². The highest BCUT2D eigenvalue weighted by Gasteiger charge is 2.07. The summed E-state index contributed by atoms with van der Waals surface area (Å²) < 4.78 is 0. The Morgan fingerprint density at radius 1 is 1.10 bits per heavy atom. The first-order valence-electron chi connectivity index (χ1n) is 6.51. The normalized spacial score (nSPS) is 10.7. The van der Waals surface area contributed by atoms with Gasteiger partial charge in [-0.25, -0.2) is 9.78 Å². The number of carboxylic acids is 1. The molecular formula is C17H13NO2S. The van der Waals surface area contributed by atoms with Crippen LogP contribution >= 0.6 is 11.8 Å². The summed E-state index contributed by atoms with van der Waals surface area (Å²) in [5, 5.41) is 11.0. The number of hydrogen-bond acceptors (Lipinski definition) is 3. The molecule has 3 rings (SSSR count). The standard InChI is InChI=1S/C17H13NO2S/c1-11-10-13-4-2-3-5-15(13)18-16(11)21-14-8-6-12(7-9-14)17(19)20/h2-10H,1H3,(H,19,20). The zero-order chi connectivity index (χ0) is 14.8. The molecule has 3 nitrogen and oxygen atoms in total. The van der Waals surface area contributed by atoms with E-state index in [-0.39, 0.29) is 0 Å². The van der Waals surface area contributed by atoms with Crippen LogP contribution in [0.25, 0.3) is 10.9 Å². The molecule has 2 aromatic carbocycles. The molecule has 0 radical (unpaired) electrons. The molecule has 0 fully saturated rings. The molecule has 0 saturated carbocycles. The van der Waals surface area contributed by atoms with Gasteiger partial charge in [-0.1, -0.05) is 30.0 Å². The highest BCUT2D eigenvalue weighted by atomic mass is 32.2. The van der Waals surface area contributed by atoms with E-state index < -0.39 is 5.97 Å². The molecule has 0 atom stereocenters. The average molecular weight is 295 g/mol. The van der Waals surface area contributed by atoms with Gasteiger partial charge >= 0.3 is 5.97 Å². The Hall–Kier alpha value is -2.33. The van der Waals surface area contributed by atoms with Crippen molar-refractivity contribution in [1.29, 1.82) is 0 Å². The van der Waals surface area contributed by atoms with Gasteiger partial charge in [0.15, 0.2) is 0 Å². The molecule has 0 unspecified atom stereocenters. The van der Waals surface area contributed by atoms with E-state index in [1.807, 2.05) is 43.3 Å². The number of para-hydroxylation sites is 1. The third-order valence-electron chi connectivity index (χ3n) is 3.18. The summed E-state index contributed by atoms with van der Waals surface area (Å²) in [6.45, 7) is 2.04. The maximum atomic E-state index is 10.9. The monoisotopic (exact) mass is 295 g/mol. The van der Waals surface area contributed by atoms with Gasteiger partial charge in [0.1, 0.15) is 5.03 Å². The van der Waals surface area contributed by atoms with Crippen LogP contribution in [0.5, 0.6) is 0 Å². The molecule has 1 N–H and O–H groups in total. The second-order valence-corrected chi connectivity index (χ2v) is 5.80. The number of rotatable bonds is 3. The quantitative estimate of drug-likeness (QED) is 0.778. The van der Waals surface area contributed by atoms with Crippen molar-refractivity contribution in [3.63, 3.8) is 0 Å². The van der Waals surface area contributed by atoms with Crippen molar-refractivity contribution in [2.75, 3.05) is 0 Å². The van der Waals surface area contributed by atoms with Gasteiger partial charge in [0.25, 0.3) is 0 Å². The van der Waals surface area contributed by atoms with Crippen LogP contribution in [0.1, 0.15) is 15.9 Å². The fourth-order valence-corrected chi connectivity index (χ4v) is 2.94. The minimum atomic E-state index is -0.911. The van der Waals surface area contributed by atoms with Gasteiger partial charge in [-0.15, -0.1) is 0 Å². The maximum absolute atomic E-state index is 10.9. The molecule has 1 heterocycles. The van der Waals surface area contributed by atoms with Crippen LogP contribution in [0.15, 0.2) is 64.5 Å². The zero-order valence-corrected chi connectivity index (χ0v) is 12.2. The fraction of sp³-hybridized carbons (Fsp3) is 0.0588. The Balaban J connectivity index is 1.93. The van der Waals surface area contributed by atoms with E-state index in [0.29, 0.717) is 5.56 Å². The van der Waals surface area contributed by atoms with Crippen molar-refractivity contribution in [2.45, 2.75) is 16.8 Å². The highest BCUT2D eigenvalue weighted by molar-refractivity contribution is 7.99. The Morgan fingerprint density at radius 3 is 2.52 bits per heavy atom. The van der Waals surface area contributed by atoms with E-state index in [9.17, 15) is 4.79 Å². The average Bonchev–Trinajstić information content (AvgIpc) is 2.48. The molecule has 104 valence electrons. The number of nitrogens with zero attached hydrogens (tertiary/aromatic N) is 1. The molecule has 0 aliphatic carbocycles. The lowest BCUT2D eigenvalue weighted by molar-refractivity contribution is 0.0697. The van der Waals surface area contributed by atoms with Crippen LogP contribution < -0.4 is 0 Å². The van der Waals surface area contributed by atoms with Crippen molar-refractivity contribution in [3.8, 4) is 0 Å². The summed E-state index contributed by atoms with van der Waals surface area (Å²) in [5.74, 6) is -0.911. The van der Waals surface area contributed by atoms with Gasteiger partial charge in [0, 0.05) is 10.3 Å². The van der Waals surface area contributed by atoms with Crippen molar-refractivity contribution < 1.29 is 9.90 Å². The first-order chi connectivity index (χ1) is 10.1. The second kappa shape index (κ2) is 5.58. The van der Waals surface area contributed by atoms with E-state index in [1.54, 1.807) is 23.9 Å². The smallest absolute Gasteiger partial charge is 0.335 e. The topological polar surface area (TPSA) is 50.2 Å². The molecule has 0 saturated heterocycles. The second-order valence-electron chi connectivity index (χ2n) is 4.73. The zero-order valence-electron chi connectivity index (χ0n) is 11.4. The van der Waals surface area contributed by atoms with Crippen LogP contribution in [0.3, 0.4) is 0 Å². The summed E-state index contributed by atoms with van der Waals surface area (Å²) in [6, 6.07) is 17.0. The van der Waals surface area contributed by atoms with E-state index >= 15 is 0 Å². The van der Waals surface area contributed by atoms with Crippen LogP contribution in [-0.4, -0.2) is 16.1 Å². The Bertz CT molecular complexity index is 813. The Kier molecular flexibility index (Phi) is 3.62. The number of aromatic carboxylic acids is 1. The third kappa shape index (κ3) is 2.90. The fourth-order valence-electron chi connectivity index (χ4n) is 2.08. The van der Waals surface area contributed by atoms with E-state index in [1.165, 1.54) is 0 Å². The van der Waals surface area contributed by atoms with Gasteiger partial charge in [-0.3, -0.25) is 0 Å². The lowest BCUT2D eigenvalue weighted by atomic mass is 10.2. The predicted octanol–water partition coefficient (Wildman–Crippen LogP) is 4.39. The van der Waals surface area contributed by atoms with Crippen LogP contribution in [0.4, 0.5) is 0 Å². The molecule has 0 amide bonds. The molecule has 1 aromatic heterocycles. The number of aromatic nitrogens is 1.